The van der Waals surface area contributed by atoms with Gasteiger partial charge in [0.05, 0.1) is 11.5 Å². The Hall–Kier alpha value is -3.00. The first kappa shape index (κ1) is 23.3. The van der Waals surface area contributed by atoms with Crippen molar-refractivity contribution in [2.24, 2.45) is 0 Å². The Kier molecular flexibility index (Phi) is 7.88. The van der Waals surface area contributed by atoms with E-state index in [0.29, 0.717) is 29.4 Å². The SMILES string of the molecule is CCOc1cccc(CNc2ccc(Cl)cc2[N+](=O)[O-])c1OCC(=O)OC(C)(C)C. The fourth-order valence-corrected chi connectivity index (χ4v) is 2.80. The van der Waals surface area contributed by atoms with E-state index in [2.05, 4.69) is 5.32 Å². The van der Waals surface area contributed by atoms with Gasteiger partial charge in [-0.3, -0.25) is 10.1 Å². The second-order valence-corrected chi connectivity index (χ2v) is 7.76. The quantitative estimate of drug-likeness (QED) is 0.336. The minimum absolute atomic E-state index is 0.139. The zero-order valence-corrected chi connectivity index (χ0v) is 18.1. The smallest absolute Gasteiger partial charge is 0.344 e. The Labute approximate surface area is 180 Å². The lowest BCUT2D eigenvalue weighted by Gasteiger charge is -2.21. The van der Waals surface area contributed by atoms with Gasteiger partial charge in [-0.05, 0) is 45.9 Å². The van der Waals surface area contributed by atoms with Crippen molar-refractivity contribution >= 4 is 28.9 Å². The number of rotatable bonds is 9. The average molecular weight is 437 g/mol. The van der Waals surface area contributed by atoms with Gasteiger partial charge in [0.25, 0.3) is 5.69 Å². The molecule has 2 rings (SSSR count). The van der Waals surface area contributed by atoms with Crippen LogP contribution in [-0.2, 0) is 16.1 Å². The number of esters is 1. The van der Waals surface area contributed by atoms with Gasteiger partial charge in [0.15, 0.2) is 18.1 Å². The maximum Gasteiger partial charge on any atom is 0.344 e. The molecule has 2 aromatic rings. The van der Waals surface area contributed by atoms with Crippen molar-refractivity contribution in [3.63, 3.8) is 0 Å². The number of anilines is 1. The molecule has 8 nitrogen and oxygen atoms in total. The van der Waals surface area contributed by atoms with E-state index in [1.165, 1.54) is 12.1 Å². The van der Waals surface area contributed by atoms with Crippen LogP contribution in [0.15, 0.2) is 36.4 Å². The standard InChI is InChI=1S/C21H25ClN2O6/c1-5-28-18-8-6-7-14(20(18)29-13-19(25)30-21(2,3)4)12-23-16-10-9-15(22)11-17(16)24(26)27/h6-11,23H,5,12-13H2,1-4H3. The van der Waals surface area contributed by atoms with E-state index in [1.807, 2.05) is 6.92 Å². The van der Waals surface area contributed by atoms with Crippen LogP contribution >= 0.6 is 11.6 Å². The van der Waals surface area contributed by atoms with Crippen molar-refractivity contribution in [3.05, 3.63) is 57.1 Å². The van der Waals surface area contributed by atoms with Crippen molar-refractivity contribution in [2.75, 3.05) is 18.5 Å². The molecule has 0 radical (unpaired) electrons. The highest BCUT2D eigenvalue weighted by molar-refractivity contribution is 6.30. The number of benzene rings is 2. The van der Waals surface area contributed by atoms with Gasteiger partial charge in [-0.2, -0.15) is 0 Å². The Morgan fingerprint density at radius 1 is 1.20 bits per heavy atom. The number of carbonyl (C=O) groups excluding carboxylic acids is 1. The summed E-state index contributed by atoms with van der Waals surface area (Å²) in [7, 11) is 0. The number of para-hydroxylation sites is 1. The van der Waals surface area contributed by atoms with Crippen molar-refractivity contribution < 1.29 is 23.9 Å². The van der Waals surface area contributed by atoms with E-state index < -0.39 is 16.5 Å². The predicted molar refractivity (Wildman–Crippen MR) is 114 cm³/mol. The largest absolute Gasteiger partial charge is 0.490 e. The molecule has 0 bridgehead atoms. The third-order valence-electron chi connectivity index (χ3n) is 3.74. The highest BCUT2D eigenvalue weighted by Crippen LogP contribution is 2.33. The van der Waals surface area contributed by atoms with E-state index >= 15 is 0 Å². The summed E-state index contributed by atoms with van der Waals surface area (Å²) in [6, 6.07) is 9.66. The summed E-state index contributed by atoms with van der Waals surface area (Å²) in [6.07, 6.45) is 0. The van der Waals surface area contributed by atoms with Crippen molar-refractivity contribution in [3.8, 4) is 11.5 Å². The van der Waals surface area contributed by atoms with Gasteiger partial charge in [-0.15, -0.1) is 0 Å². The number of nitro groups is 1. The first-order chi connectivity index (χ1) is 14.1. The third kappa shape index (κ3) is 6.81. The summed E-state index contributed by atoms with van der Waals surface area (Å²) >= 11 is 5.86. The number of hydrogen-bond donors (Lipinski definition) is 1. The predicted octanol–water partition coefficient (Wildman–Crippen LogP) is 4.98. The highest BCUT2D eigenvalue weighted by Gasteiger charge is 2.20. The van der Waals surface area contributed by atoms with Crippen molar-refractivity contribution in [2.45, 2.75) is 39.8 Å². The van der Waals surface area contributed by atoms with Gasteiger partial charge in [0.1, 0.15) is 11.3 Å². The molecule has 0 aliphatic carbocycles. The Bertz CT molecular complexity index is 911. The van der Waals surface area contributed by atoms with Crippen LogP contribution in [0.3, 0.4) is 0 Å². The fourth-order valence-electron chi connectivity index (χ4n) is 2.63. The Balaban J connectivity index is 2.23. The molecule has 0 saturated carbocycles. The molecule has 30 heavy (non-hydrogen) atoms. The second-order valence-electron chi connectivity index (χ2n) is 7.32. The molecule has 0 fully saturated rings. The third-order valence-corrected chi connectivity index (χ3v) is 3.98. The molecule has 0 unspecified atom stereocenters. The summed E-state index contributed by atoms with van der Waals surface area (Å²) < 4.78 is 16.6. The van der Waals surface area contributed by atoms with Crippen LogP contribution in [0.5, 0.6) is 11.5 Å². The molecule has 0 heterocycles. The average Bonchev–Trinajstić information content (AvgIpc) is 2.65. The minimum atomic E-state index is -0.627. The summed E-state index contributed by atoms with van der Waals surface area (Å²) in [5.41, 5.74) is 0.204. The van der Waals surface area contributed by atoms with Gasteiger partial charge in [0, 0.05) is 23.2 Å². The molecule has 2 aromatic carbocycles. The van der Waals surface area contributed by atoms with Crippen molar-refractivity contribution in [1.82, 2.24) is 0 Å². The zero-order chi connectivity index (χ0) is 22.3. The van der Waals surface area contributed by atoms with Crippen LogP contribution < -0.4 is 14.8 Å². The lowest BCUT2D eigenvalue weighted by Crippen LogP contribution is -2.27. The van der Waals surface area contributed by atoms with Crippen LogP contribution in [0.2, 0.25) is 5.02 Å². The van der Waals surface area contributed by atoms with Crippen LogP contribution in [0.25, 0.3) is 0 Å². The van der Waals surface area contributed by atoms with E-state index in [-0.39, 0.29) is 23.9 Å². The van der Waals surface area contributed by atoms with Gasteiger partial charge >= 0.3 is 5.97 Å². The molecular weight excluding hydrogens is 412 g/mol. The minimum Gasteiger partial charge on any atom is -0.490 e. The number of halogens is 1. The second kappa shape index (κ2) is 10.2. The number of nitrogens with zero attached hydrogens (tertiary/aromatic N) is 1. The highest BCUT2D eigenvalue weighted by atomic mass is 35.5. The number of hydrogen-bond acceptors (Lipinski definition) is 7. The van der Waals surface area contributed by atoms with Crippen LogP contribution in [0.1, 0.15) is 33.3 Å². The summed E-state index contributed by atoms with van der Waals surface area (Å²) in [5, 5.41) is 14.6. The molecule has 0 aliphatic rings. The Morgan fingerprint density at radius 2 is 1.93 bits per heavy atom. The van der Waals surface area contributed by atoms with Crippen LogP contribution in [-0.4, -0.2) is 29.7 Å². The molecule has 0 spiro atoms. The molecule has 0 aliphatic heterocycles. The molecule has 0 amide bonds. The number of nitrogens with one attached hydrogen (secondary N) is 1. The lowest BCUT2D eigenvalue weighted by atomic mass is 10.1. The van der Waals surface area contributed by atoms with E-state index in [1.54, 1.807) is 45.0 Å². The molecule has 162 valence electrons. The van der Waals surface area contributed by atoms with E-state index in [9.17, 15) is 14.9 Å². The first-order valence-electron chi connectivity index (χ1n) is 9.38. The summed E-state index contributed by atoms with van der Waals surface area (Å²) in [5.74, 6) is 0.321. The molecule has 0 atom stereocenters. The van der Waals surface area contributed by atoms with Crippen molar-refractivity contribution in [1.29, 1.82) is 0 Å². The number of nitro benzene ring substituents is 1. The molecular formula is C21H25ClN2O6. The first-order valence-corrected chi connectivity index (χ1v) is 9.75. The topological polar surface area (TPSA) is 99.9 Å². The molecule has 9 heteroatoms. The molecule has 0 aromatic heterocycles. The lowest BCUT2D eigenvalue weighted by molar-refractivity contribution is -0.383. The van der Waals surface area contributed by atoms with E-state index in [4.69, 9.17) is 25.8 Å². The maximum atomic E-state index is 12.1. The van der Waals surface area contributed by atoms with Gasteiger partial charge in [-0.25, -0.2) is 4.79 Å². The maximum absolute atomic E-state index is 12.1. The van der Waals surface area contributed by atoms with E-state index in [0.717, 1.165) is 0 Å². The Morgan fingerprint density at radius 3 is 2.57 bits per heavy atom. The normalized spacial score (nSPS) is 11.0. The molecule has 1 N–H and O–H groups in total. The van der Waals surface area contributed by atoms with Crippen LogP contribution in [0, 0.1) is 10.1 Å². The van der Waals surface area contributed by atoms with Crippen LogP contribution in [0.4, 0.5) is 11.4 Å². The van der Waals surface area contributed by atoms with Gasteiger partial charge < -0.3 is 19.5 Å². The number of carbonyl (C=O) groups is 1. The zero-order valence-electron chi connectivity index (χ0n) is 17.4. The molecule has 0 saturated heterocycles. The number of ether oxygens (including phenoxy) is 3. The monoisotopic (exact) mass is 436 g/mol. The summed E-state index contributed by atoms with van der Waals surface area (Å²) in [4.78, 5) is 22.8. The summed E-state index contributed by atoms with van der Waals surface area (Å²) in [6.45, 7) is 7.46. The fraction of sp³-hybridized carbons (Fsp3) is 0.381. The van der Waals surface area contributed by atoms with Gasteiger partial charge in [0.2, 0.25) is 0 Å². The van der Waals surface area contributed by atoms with Gasteiger partial charge in [-0.1, -0.05) is 23.7 Å².